The van der Waals surface area contributed by atoms with Crippen molar-refractivity contribution in [2.24, 2.45) is 5.73 Å². The molecule has 5 nitrogen and oxygen atoms in total. The molecular weight excluding hydrogens is 327 g/mol. The Labute approximate surface area is 138 Å². The highest BCUT2D eigenvalue weighted by Gasteiger charge is 2.47. The molecule has 2 heterocycles. The van der Waals surface area contributed by atoms with Crippen molar-refractivity contribution in [1.29, 1.82) is 0 Å². The minimum atomic E-state index is -1.13. The first-order chi connectivity index (χ1) is 10.3. The van der Waals surface area contributed by atoms with Gasteiger partial charge in [-0.3, -0.25) is 4.79 Å². The molecule has 0 spiro atoms. The molecular formula is C15H18Cl2N2O3. The standard InChI is InChI=1S/C15H18Cl2N2O3/c16-10-1-2-11(20)13(14(10)17)8-3-9-4-15(22,7-18)5-12(21)19(9)6-8/h1-2,8-9,20,22H,3-7,18H2/t8-,9-,15?/m0/s1. The molecule has 4 N–H and O–H groups in total. The molecule has 0 bridgehead atoms. The van der Waals surface area contributed by atoms with Gasteiger partial charge < -0.3 is 20.8 Å². The summed E-state index contributed by atoms with van der Waals surface area (Å²) in [5.74, 6) is -0.120. The summed E-state index contributed by atoms with van der Waals surface area (Å²) in [5, 5.41) is 21.2. The maximum Gasteiger partial charge on any atom is 0.225 e. The number of piperidine rings is 1. The van der Waals surface area contributed by atoms with Crippen LogP contribution in [0.3, 0.4) is 0 Å². The van der Waals surface area contributed by atoms with E-state index in [1.165, 1.54) is 6.07 Å². The molecule has 0 saturated carbocycles. The van der Waals surface area contributed by atoms with E-state index in [2.05, 4.69) is 0 Å². The van der Waals surface area contributed by atoms with Crippen LogP contribution in [0.2, 0.25) is 10.0 Å². The average Bonchev–Trinajstić information content (AvgIpc) is 2.87. The van der Waals surface area contributed by atoms with Gasteiger partial charge in [-0.2, -0.15) is 0 Å². The van der Waals surface area contributed by atoms with Crippen LogP contribution in [0.4, 0.5) is 0 Å². The summed E-state index contributed by atoms with van der Waals surface area (Å²) in [6.45, 7) is 0.536. The molecule has 120 valence electrons. The van der Waals surface area contributed by atoms with Crippen molar-refractivity contribution in [3.8, 4) is 5.75 Å². The van der Waals surface area contributed by atoms with Gasteiger partial charge in [0.15, 0.2) is 0 Å². The maximum atomic E-state index is 12.3. The van der Waals surface area contributed by atoms with E-state index in [1.807, 2.05) is 0 Å². The van der Waals surface area contributed by atoms with Crippen LogP contribution in [0.1, 0.15) is 30.7 Å². The Kier molecular flexibility index (Phi) is 4.01. The van der Waals surface area contributed by atoms with E-state index in [-0.39, 0.29) is 36.6 Å². The van der Waals surface area contributed by atoms with Crippen LogP contribution in [0.5, 0.6) is 5.75 Å². The Bertz CT molecular complexity index is 625. The second kappa shape index (κ2) is 5.57. The summed E-state index contributed by atoms with van der Waals surface area (Å²) in [4.78, 5) is 14.0. The number of nitrogens with zero attached hydrogens (tertiary/aromatic N) is 1. The first-order valence-corrected chi connectivity index (χ1v) is 7.99. The molecule has 0 radical (unpaired) electrons. The van der Waals surface area contributed by atoms with Crippen LogP contribution in [0.25, 0.3) is 0 Å². The van der Waals surface area contributed by atoms with E-state index in [9.17, 15) is 15.0 Å². The highest BCUT2D eigenvalue weighted by molar-refractivity contribution is 6.42. The molecule has 0 aliphatic carbocycles. The van der Waals surface area contributed by atoms with Gasteiger partial charge in [0.25, 0.3) is 0 Å². The maximum absolute atomic E-state index is 12.3. The van der Waals surface area contributed by atoms with Gasteiger partial charge in [-0.1, -0.05) is 23.2 Å². The number of aliphatic hydroxyl groups is 1. The number of aromatic hydroxyl groups is 1. The minimum absolute atomic E-state index is 0.0436. The number of hydrogen-bond donors (Lipinski definition) is 3. The SMILES string of the molecule is NCC1(O)CC(=O)N2C[C@@H](c3c(O)ccc(Cl)c3Cl)C[C@H]2C1. The third-order valence-corrected chi connectivity index (χ3v) is 5.55. The first kappa shape index (κ1) is 15.9. The highest BCUT2D eigenvalue weighted by atomic mass is 35.5. The number of carbonyl (C=O) groups is 1. The molecule has 22 heavy (non-hydrogen) atoms. The van der Waals surface area contributed by atoms with E-state index < -0.39 is 5.60 Å². The molecule has 0 aromatic heterocycles. The fourth-order valence-electron chi connectivity index (χ4n) is 3.62. The quantitative estimate of drug-likeness (QED) is 0.764. The van der Waals surface area contributed by atoms with E-state index in [0.717, 1.165) is 0 Å². The molecule has 1 amide bonds. The first-order valence-electron chi connectivity index (χ1n) is 7.23. The smallest absolute Gasteiger partial charge is 0.225 e. The normalized spacial score (nSPS) is 31.5. The van der Waals surface area contributed by atoms with Crippen LogP contribution in [0.15, 0.2) is 12.1 Å². The average molecular weight is 345 g/mol. The van der Waals surface area contributed by atoms with Gasteiger partial charge in [-0.15, -0.1) is 0 Å². The lowest BCUT2D eigenvalue weighted by molar-refractivity contribution is -0.145. The molecule has 3 rings (SSSR count). The number of phenolic OH excluding ortho intramolecular Hbond substituents is 1. The minimum Gasteiger partial charge on any atom is -0.508 e. The number of halogens is 2. The number of amides is 1. The van der Waals surface area contributed by atoms with Crippen molar-refractivity contribution in [2.75, 3.05) is 13.1 Å². The van der Waals surface area contributed by atoms with Gasteiger partial charge >= 0.3 is 0 Å². The van der Waals surface area contributed by atoms with Crippen molar-refractivity contribution in [3.05, 3.63) is 27.7 Å². The Morgan fingerprint density at radius 2 is 2.14 bits per heavy atom. The van der Waals surface area contributed by atoms with Crippen LogP contribution in [-0.4, -0.2) is 45.8 Å². The van der Waals surface area contributed by atoms with Crippen molar-refractivity contribution in [3.63, 3.8) is 0 Å². The molecule has 2 aliphatic rings. The lowest BCUT2D eigenvalue weighted by Gasteiger charge is -2.39. The van der Waals surface area contributed by atoms with Crippen molar-refractivity contribution < 1.29 is 15.0 Å². The van der Waals surface area contributed by atoms with Gasteiger partial charge in [0.1, 0.15) is 5.75 Å². The molecule has 2 saturated heterocycles. The number of benzene rings is 1. The van der Waals surface area contributed by atoms with Gasteiger partial charge in [-0.25, -0.2) is 0 Å². The summed E-state index contributed by atoms with van der Waals surface area (Å²) in [5.41, 5.74) is 5.04. The second-order valence-electron chi connectivity index (χ2n) is 6.24. The predicted molar refractivity (Wildman–Crippen MR) is 84.2 cm³/mol. The Morgan fingerprint density at radius 3 is 2.82 bits per heavy atom. The lowest BCUT2D eigenvalue weighted by atomic mass is 9.85. The third-order valence-electron chi connectivity index (χ3n) is 4.73. The summed E-state index contributed by atoms with van der Waals surface area (Å²) < 4.78 is 0. The monoisotopic (exact) mass is 344 g/mol. The predicted octanol–water partition coefficient (Wildman–Crippen LogP) is 1.87. The fourth-order valence-corrected chi connectivity index (χ4v) is 4.10. The molecule has 2 fully saturated rings. The lowest BCUT2D eigenvalue weighted by Crippen LogP contribution is -2.54. The molecule has 1 unspecified atom stereocenters. The van der Waals surface area contributed by atoms with Gasteiger partial charge in [-0.05, 0) is 25.0 Å². The number of fused-ring (bicyclic) bond motifs is 1. The van der Waals surface area contributed by atoms with Crippen LogP contribution in [0, 0.1) is 0 Å². The summed E-state index contributed by atoms with van der Waals surface area (Å²) in [7, 11) is 0. The van der Waals surface area contributed by atoms with Crippen LogP contribution in [-0.2, 0) is 4.79 Å². The van der Waals surface area contributed by atoms with E-state index in [4.69, 9.17) is 28.9 Å². The van der Waals surface area contributed by atoms with Gasteiger partial charge in [0.2, 0.25) is 5.91 Å². The van der Waals surface area contributed by atoms with E-state index >= 15 is 0 Å². The van der Waals surface area contributed by atoms with Crippen molar-refractivity contribution >= 4 is 29.1 Å². The molecule has 1 aromatic rings. The fraction of sp³-hybridized carbons (Fsp3) is 0.533. The topological polar surface area (TPSA) is 86.8 Å². The third kappa shape index (κ3) is 2.56. The molecule has 1 aromatic carbocycles. The molecule has 2 aliphatic heterocycles. The highest BCUT2D eigenvalue weighted by Crippen LogP contribution is 2.45. The number of nitrogens with two attached hydrogens (primary N) is 1. The Balaban J connectivity index is 1.89. The van der Waals surface area contributed by atoms with Gasteiger partial charge in [0, 0.05) is 30.6 Å². The van der Waals surface area contributed by atoms with Crippen molar-refractivity contribution in [2.45, 2.75) is 36.8 Å². The zero-order chi connectivity index (χ0) is 16.1. The zero-order valence-electron chi connectivity index (χ0n) is 11.9. The molecule has 7 heteroatoms. The number of hydrogen-bond acceptors (Lipinski definition) is 4. The summed E-state index contributed by atoms with van der Waals surface area (Å²) >= 11 is 12.3. The number of rotatable bonds is 2. The Hall–Kier alpha value is -1.01. The zero-order valence-corrected chi connectivity index (χ0v) is 13.4. The number of phenols is 1. The summed E-state index contributed by atoms with van der Waals surface area (Å²) in [6.07, 6.45) is 1.12. The van der Waals surface area contributed by atoms with E-state index in [0.29, 0.717) is 35.0 Å². The summed E-state index contributed by atoms with van der Waals surface area (Å²) in [6, 6.07) is 2.97. The van der Waals surface area contributed by atoms with Crippen LogP contribution >= 0.6 is 23.2 Å². The number of carbonyl (C=O) groups excluding carboxylic acids is 1. The largest absolute Gasteiger partial charge is 0.508 e. The second-order valence-corrected chi connectivity index (χ2v) is 7.02. The molecule has 3 atom stereocenters. The van der Waals surface area contributed by atoms with Gasteiger partial charge in [0.05, 0.1) is 22.1 Å². The van der Waals surface area contributed by atoms with Crippen molar-refractivity contribution in [1.82, 2.24) is 4.90 Å². The Morgan fingerprint density at radius 1 is 1.41 bits per heavy atom. The van der Waals surface area contributed by atoms with Crippen LogP contribution < -0.4 is 5.73 Å². The van der Waals surface area contributed by atoms with E-state index in [1.54, 1.807) is 11.0 Å².